The maximum atomic E-state index is 14.0. The van der Waals surface area contributed by atoms with Gasteiger partial charge in [0.1, 0.15) is 17.5 Å². The van der Waals surface area contributed by atoms with E-state index in [1.807, 2.05) is 13.8 Å². The Balaban J connectivity index is 1.91. The van der Waals surface area contributed by atoms with Crippen molar-refractivity contribution in [1.29, 1.82) is 0 Å². The van der Waals surface area contributed by atoms with Crippen LogP contribution in [0.1, 0.15) is 40.8 Å². The number of anilines is 1. The molecule has 1 atom stereocenters. The third kappa shape index (κ3) is 3.96. The van der Waals surface area contributed by atoms with Gasteiger partial charge in [-0.1, -0.05) is 6.07 Å². The average Bonchev–Trinajstić information content (AvgIpc) is 3.09. The van der Waals surface area contributed by atoms with E-state index in [2.05, 4.69) is 14.9 Å². The Hall–Kier alpha value is -2.61. The Morgan fingerprint density at radius 3 is 2.54 bits per heavy atom. The van der Waals surface area contributed by atoms with Crippen molar-refractivity contribution >= 4 is 11.7 Å². The van der Waals surface area contributed by atoms with Gasteiger partial charge in [-0.25, -0.2) is 18.7 Å². The van der Waals surface area contributed by atoms with Crippen molar-refractivity contribution in [1.82, 2.24) is 14.9 Å². The molecule has 2 heterocycles. The maximum absolute atomic E-state index is 14.0. The fourth-order valence-corrected chi connectivity index (χ4v) is 3.34. The predicted molar refractivity (Wildman–Crippen MR) is 103 cm³/mol. The molecule has 28 heavy (non-hydrogen) atoms. The van der Waals surface area contributed by atoms with Crippen LogP contribution in [0.25, 0.3) is 0 Å². The Kier molecular flexibility index (Phi) is 5.88. The first-order valence-electron chi connectivity index (χ1n) is 9.39. The molecule has 2 aromatic rings. The van der Waals surface area contributed by atoms with Gasteiger partial charge in [0.25, 0.3) is 5.91 Å². The third-order valence-corrected chi connectivity index (χ3v) is 5.16. The van der Waals surface area contributed by atoms with Crippen LogP contribution < -0.4 is 10.6 Å². The quantitative estimate of drug-likeness (QED) is 0.851. The SMILES string of the molecule is CCN(Cc1c(F)cccc1F)C(=O)c1nc(C)c(C)c(N2CC[C@@H](N)C2)n1. The molecule has 1 saturated heterocycles. The van der Waals surface area contributed by atoms with Crippen LogP contribution in [0.15, 0.2) is 18.2 Å². The lowest BCUT2D eigenvalue weighted by molar-refractivity contribution is 0.0737. The molecule has 0 bridgehead atoms. The van der Waals surface area contributed by atoms with E-state index in [1.165, 1.54) is 23.1 Å². The average molecular weight is 389 g/mol. The minimum Gasteiger partial charge on any atom is -0.355 e. The molecular formula is C20H25F2N5O. The van der Waals surface area contributed by atoms with Crippen LogP contribution >= 0.6 is 0 Å². The highest BCUT2D eigenvalue weighted by Gasteiger charge is 2.26. The van der Waals surface area contributed by atoms with Gasteiger partial charge in [-0.15, -0.1) is 0 Å². The zero-order valence-electron chi connectivity index (χ0n) is 16.4. The van der Waals surface area contributed by atoms with Gasteiger partial charge in [0, 0.05) is 42.5 Å². The smallest absolute Gasteiger partial charge is 0.292 e. The lowest BCUT2D eigenvalue weighted by Gasteiger charge is -2.24. The lowest BCUT2D eigenvalue weighted by Crippen LogP contribution is -2.34. The first-order chi connectivity index (χ1) is 13.3. The van der Waals surface area contributed by atoms with E-state index in [0.29, 0.717) is 18.1 Å². The summed E-state index contributed by atoms with van der Waals surface area (Å²) >= 11 is 0. The molecule has 1 aromatic carbocycles. The highest BCUT2D eigenvalue weighted by atomic mass is 19.1. The summed E-state index contributed by atoms with van der Waals surface area (Å²) in [6.07, 6.45) is 0.861. The molecule has 1 aliphatic heterocycles. The number of nitrogens with zero attached hydrogens (tertiary/aromatic N) is 4. The summed E-state index contributed by atoms with van der Waals surface area (Å²) in [5.74, 6) is -1.11. The summed E-state index contributed by atoms with van der Waals surface area (Å²) in [5.41, 5.74) is 7.45. The van der Waals surface area contributed by atoms with Gasteiger partial charge >= 0.3 is 0 Å². The first kappa shape index (κ1) is 20.1. The molecule has 0 unspecified atom stereocenters. The largest absolute Gasteiger partial charge is 0.355 e. The van der Waals surface area contributed by atoms with E-state index < -0.39 is 17.5 Å². The van der Waals surface area contributed by atoms with Gasteiger partial charge in [-0.3, -0.25) is 4.79 Å². The molecule has 0 radical (unpaired) electrons. The van der Waals surface area contributed by atoms with Crippen LogP contribution in [0.4, 0.5) is 14.6 Å². The molecule has 0 aliphatic carbocycles. The lowest BCUT2D eigenvalue weighted by atomic mass is 10.1. The second-order valence-electron chi connectivity index (χ2n) is 7.10. The standard InChI is InChI=1S/C20H25F2N5O/c1-4-26(11-15-16(21)6-5-7-17(15)22)20(28)18-24-13(3)12(2)19(25-18)27-9-8-14(23)10-27/h5-7,14H,4,8-11,23H2,1-3H3/t14-/m1/s1. The van der Waals surface area contributed by atoms with E-state index >= 15 is 0 Å². The predicted octanol–water partition coefficient (Wildman–Crippen LogP) is 2.57. The summed E-state index contributed by atoms with van der Waals surface area (Å²) < 4.78 is 28.0. The van der Waals surface area contributed by atoms with Gasteiger partial charge < -0.3 is 15.5 Å². The molecule has 3 rings (SSSR count). The van der Waals surface area contributed by atoms with E-state index in [0.717, 1.165) is 18.5 Å². The van der Waals surface area contributed by atoms with Crippen molar-refractivity contribution in [2.45, 2.75) is 39.8 Å². The molecule has 1 amide bonds. The highest BCUT2D eigenvalue weighted by molar-refractivity contribution is 5.91. The number of halogens is 2. The van der Waals surface area contributed by atoms with Gasteiger partial charge in [0.15, 0.2) is 0 Å². The molecule has 1 aromatic heterocycles. The Labute approximate surface area is 163 Å². The third-order valence-electron chi connectivity index (χ3n) is 5.16. The van der Waals surface area contributed by atoms with Gasteiger partial charge in [0.2, 0.25) is 5.82 Å². The van der Waals surface area contributed by atoms with Crippen molar-refractivity contribution in [3.8, 4) is 0 Å². The summed E-state index contributed by atoms with van der Waals surface area (Å²) in [6, 6.07) is 3.73. The molecule has 6 nitrogen and oxygen atoms in total. The minimum atomic E-state index is -0.681. The summed E-state index contributed by atoms with van der Waals surface area (Å²) in [6.45, 7) is 7.00. The van der Waals surface area contributed by atoms with E-state index in [4.69, 9.17) is 5.73 Å². The normalized spacial score (nSPS) is 16.5. The molecule has 150 valence electrons. The van der Waals surface area contributed by atoms with Crippen LogP contribution in [0.2, 0.25) is 0 Å². The number of benzene rings is 1. The number of carbonyl (C=O) groups is 1. The molecule has 0 saturated carbocycles. The van der Waals surface area contributed by atoms with Crippen LogP contribution in [0, 0.1) is 25.5 Å². The Morgan fingerprint density at radius 1 is 1.29 bits per heavy atom. The topological polar surface area (TPSA) is 75.4 Å². The van der Waals surface area contributed by atoms with E-state index in [-0.39, 0.29) is 30.5 Å². The zero-order valence-corrected chi connectivity index (χ0v) is 16.4. The monoisotopic (exact) mass is 389 g/mol. The second kappa shape index (κ2) is 8.18. The molecule has 1 aliphatic rings. The number of nitrogens with two attached hydrogens (primary N) is 1. The van der Waals surface area contributed by atoms with Gasteiger partial charge in [-0.05, 0) is 39.3 Å². The Morgan fingerprint density at radius 2 is 1.96 bits per heavy atom. The molecule has 0 spiro atoms. The summed E-state index contributed by atoms with van der Waals surface area (Å²) in [4.78, 5) is 25.2. The fourth-order valence-electron chi connectivity index (χ4n) is 3.34. The van der Waals surface area contributed by atoms with Gasteiger partial charge in [-0.2, -0.15) is 0 Å². The van der Waals surface area contributed by atoms with Crippen LogP contribution in [-0.2, 0) is 6.54 Å². The second-order valence-corrected chi connectivity index (χ2v) is 7.10. The Bertz CT molecular complexity index is 869. The number of rotatable bonds is 5. The van der Waals surface area contributed by atoms with Crippen LogP contribution in [0.3, 0.4) is 0 Å². The van der Waals surface area contributed by atoms with Crippen molar-refractivity contribution < 1.29 is 13.6 Å². The number of hydrogen-bond acceptors (Lipinski definition) is 5. The van der Waals surface area contributed by atoms with E-state index in [1.54, 1.807) is 6.92 Å². The van der Waals surface area contributed by atoms with Crippen LogP contribution in [-0.4, -0.2) is 46.5 Å². The fraction of sp³-hybridized carbons (Fsp3) is 0.450. The first-order valence-corrected chi connectivity index (χ1v) is 9.39. The number of amides is 1. The summed E-state index contributed by atoms with van der Waals surface area (Å²) in [7, 11) is 0. The van der Waals surface area contributed by atoms with Crippen molar-refractivity contribution in [3.63, 3.8) is 0 Å². The van der Waals surface area contributed by atoms with Gasteiger partial charge in [0.05, 0.1) is 6.54 Å². The molecule has 2 N–H and O–H groups in total. The number of aryl methyl sites for hydroxylation is 1. The van der Waals surface area contributed by atoms with Crippen LogP contribution in [0.5, 0.6) is 0 Å². The molecule has 8 heteroatoms. The number of aromatic nitrogens is 2. The van der Waals surface area contributed by atoms with Crippen molar-refractivity contribution in [2.24, 2.45) is 5.73 Å². The van der Waals surface area contributed by atoms with Crippen molar-refractivity contribution in [3.05, 3.63) is 52.5 Å². The summed E-state index contributed by atoms with van der Waals surface area (Å²) in [5, 5.41) is 0. The van der Waals surface area contributed by atoms with Crippen molar-refractivity contribution in [2.75, 3.05) is 24.5 Å². The molecular weight excluding hydrogens is 364 g/mol. The number of hydrogen-bond donors (Lipinski definition) is 1. The number of carbonyl (C=O) groups excluding carboxylic acids is 1. The highest BCUT2D eigenvalue weighted by Crippen LogP contribution is 2.24. The van der Waals surface area contributed by atoms with E-state index in [9.17, 15) is 13.6 Å². The minimum absolute atomic E-state index is 0.0252. The molecule has 1 fully saturated rings. The maximum Gasteiger partial charge on any atom is 0.292 e. The zero-order chi connectivity index (χ0) is 20.4.